The van der Waals surface area contributed by atoms with Crippen LogP contribution in [0.5, 0.6) is 0 Å². The lowest BCUT2D eigenvalue weighted by Crippen LogP contribution is -2.70. The van der Waals surface area contributed by atoms with Crippen LogP contribution in [-0.2, 0) is 58.9 Å². The summed E-state index contributed by atoms with van der Waals surface area (Å²) in [6, 6.07) is 6.62. The second-order valence-electron chi connectivity index (χ2n) is 12.6. The summed E-state index contributed by atoms with van der Waals surface area (Å²) in [6.45, 7) is 7.49. The number of halogens is 3. The summed E-state index contributed by atoms with van der Waals surface area (Å²) in [4.78, 5) is 74.9. The molecular formula is C33H46Cl3N3O13. The number of unbranched alkanes of at least 4 members (excludes halogenated alkanes) is 1. The van der Waals surface area contributed by atoms with Gasteiger partial charge in [0, 0.05) is 27.3 Å². The average molecular weight is 799 g/mol. The molecule has 0 saturated carbocycles. The maximum absolute atomic E-state index is 13.5. The average Bonchev–Trinajstić information content (AvgIpc) is 3.02. The standard InChI is InChI=1S/C33H46Cl3N3O13/c1-19(40)46-17-24-26(49-20(2)41)27(50-21(3)42)25(39-31(45)48-18-33(34,35)36)28(51-24)38-23(29(43)52-32(4,5)6)14-10-11-15-37-30(44)47-16-22-12-8-7-9-13-22/h7-9,12-13,23-28,38H,10-11,14-18H2,1-6H3,(H,37,44)(H,39,45)/t23-,24+,25+,26+,27+,28+/m0/s1. The van der Waals surface area contributed by atoms with Gasteiger partial charge in [-0.3, -0.25) is 24.5 Å². The van der Waals surface area contributed by atoms with Crippen molar-refractivity contribution in [2.75, 3.05) is 19.8 Å². The van der Waals surface area contributed by atoms with Crippen LogP contribution < -0.4 is 16.0 Å². The molecule has 2 amide bonds. The second kappa shape index (κ2) is 21.2. The van der Waals surface area contributed by atoms with Crippen molar-refractivity contribution in [1.82, 2.24) is 16.0 Å². The Morgan fingerprint density at radius 2 is 1.46 bits per heavy atom. The molecule has 1 aliphatic rings. The van der Waals surface area contributed by atoms with Gasteiger partial charge in [-0.25, -0.2) is 9.59 Å². The van der Waals surface area contributed by atoms with E-state index in [0.717, 1.165) is 26.3 Å². The summed E-state index contributed by atoms with van der Waals surface area (Å²) >= 11 is 17.2. The second-order valence-corrected chi connectivity index (χ2v) is 15.2. The molecule has 1 aliphatic heterocycles. The van der Waals surface area contributed by atoms with Crippen molar-refractivity contribution >= 4 is 70.9 Å². The number of benzene rings is 1. The van der Waals surface area contributed by atoms with Crippen LogP contribution in [0.15, 0.2) is 30.3 Å². The molecule has 1 aromatic rings. The van der Waals surface area contributed by atoms with Gasteiger partial charge in [-0.05, 0) is 45.6 Å². The maximum Gasteiger partial charge on any atom is 0.407 e. The third-order valence-electron chi connectivity index (χ3n) is 6.86. The van der Waals surface area contributed by atoms with Crippen molar-refractivity contribution in [3.63, 3.8) is 0 Å². The Morgan fingerprint density at radius 1 is 0.827 bits per heavy atom. The first-order valence-corrected chi connectivity index (χ1v) is 17.4. The molecule has 19 heteroatoms. The van der Waals surface area contributed by atoms with E-state index in [1.807, 2.05) is 30.3 Å². The molecular weight excluding hydrogens is 753 g/mol. The minimum absolute atomic E-state index is 0.0943. The Bertz CT molecular complexity index is 1360. The van der Waals surface area contributed by atoms with E-state index in [0.29, 0.717) is 12.8 Å². The van der Waals surface area contributed by atoms with Gasteiger partial charge < -0.3 is 43.8 Å². The summed E-state index contributed by atoms with van der Waals surface area (Å²) in [7, 11) is 0. The first-order chi connectivity index (χ1) is 24.2. The van der Waals surface area contributed by atoms with Crippen molar-refractivity contribution in [2.45, 2.75) is 113 Å². The van der Waals surface area contributed by atoms with Crippen molar-refractivity contribution in [2.24, 2.45) is 0 Å². The number of amides is 2. The van der Waals surface area contributed by atoms with E-state index in [2.05, 4.69) is 16.0 Å². The summed E-state index contributed by atoms with van der Waals surface area (Å²) in [5.74, 6) is -3.05. The molecule has 0 aromatic heterocycles. The molecule has 0 radical (unpaired) electrons. The molecule has 1 saturated heterocycles. The number of rotatable bonds is 16. The Kier molecular flexibility index (Phi) is 18.2. The number of carbonyl (C=O) groups excluding carboxylic acids is 6. The largest absolute Gasteiger partial charge is 0.463 e. The summed E-state index contributed by atoms with van der Waals surface area (Å²) in [5, 5.41) is 8.14. The number of hydrogen-bond acceptors (Lipinski definition) is 14. The predicted octanol–water partition coefficient (Wildman–Crippen LogP) is 4.00. The predicted molar refractivity (Wildman–Crippen MR) is 186 cm³/mol. The van der Waals surface area contributed by atoms with E-state index < -0.39 is 95.3 Å². The first-order valence-electron chi connectivity index (χ1n) is 16.3. The molecule has 0 spiro atoms. The van der Waals surface area contributed by atoms with Crippen LogP contribution in [0.1, 0.15) is 66.4 Å². The van der Waals surface area contributed by atoms with Crippen LogP contribution >= 0.6 is 34.8 Å². The molecule has 6 atom stereocenters. The molecule has 0 unspecified atom stereocenters. The van der Waals surface area contributed by atoms with Crippen LogP contribution in [0.3, 0.4) is 0 Å². The van der Waals surface area contributed by atoms with Crippen LogP contribution in [0.4, 0.5) is 9.59 Å². The van der Waals surface area contributed by atoms with Gasteiger partial charge in [0.25, 0.3) is 0 Å². The SMILES string of the molecule is CC(=O)OC[C@H]1O[C@@H](N[C@@H](CCCCNC(=O)OCc2ccccc2)C(=O)OC(C)(C)C)[C@H](NC(=O)OCC(Cl)(Cl)Cl)[C@@H](OC(C)=O)[C@@H]1OC(C)=O. The highest BCUT2D eigenvalue weighted by Crippen LogP contribution is 2.29. The van der Waals surface area contributed by atoms with Crippen molar-refractivity contribution in [3.05, 3.63) is 35.9 Å². The highest BCUT2D eigenvalue weighted by molar-refractivity contribution is 6.67. The van der Waals surface area contributed by atoms with Gasteiger partial charge in [-0.15, -0.1) is 0 Å². The normalized spacial score (nSPS) is 20.8. The van der Waals surface area contributed by atoms with E-state index in [-0.39, 0.29) is 19.6 Å². The molecule has 16 nitrogen and oxygen atoms in total. The number of alkyl carbamates (subject to hydrolysis) is 2. The summed E-state index contributed by atoms with van der Waals surface area (Å²) in [5.41, 5.74) is -0.0866. The van der Waals surface area contributed by atoms with Crippen molar-refractivity contribution < 1.29 is 61.9 Å². The molecule has 0 bridgehead atoms. The lowest BCUT2D eigenvalue weighted by molar-refractivity contribution is -0.229. The Hall–Kier alpha value is -3.57. The number of alkyl halides is 3. The van der Waals surface area contributed by atoms with Crippen LogP contribution in [-0.4, -0.2) is 102 Å². The highest BCUT2D eigenvalue weighted by Gasteiger charge is 2.52. The smallest absolute Gasteiger partial charge is 0.407 e. The van der Waals surface area contributed by atoms with Gasteiger partial charge in [0.1, 0.15) is 49.8 Å². The molecule has 52 heavy (non-hydrogen) atoms. The number of hydrogen-bond donors (Lipinski definition) is 3. The van der Waals surface area contributed by atoms with Gasteiger partial charge in [0.15, 0.2) is 12.2 Å². The van der Waals surface area contributed by atoms with E-state index in [4.69, 9.17) is 68.0 Å². The lowest BCUT2D eigenvalue weighted by Gasteiger charge is -2.46. The van der Waals surface area contributed by atoms with E-state index in [9.17, 15) is 28.8 Å². The zero-order chi connectivity index (χ0) is 39.1. The molecule has 0 aliphatic carbocycles. The van der Waals surface area contributed by atoms with Crippen molar-refractivity contribution in [1.29, 1.82) is 0 Å². The van der Waals surface area contributed by atoms with Gasteiger partial charge in [-0.2, -0.15) is 0 Å². The highest BCUT2D eigenvalue weighted by atomic mass is 35.6. The molecule has 292 valence electrons. The zero-order valence-electron chi connectivity index (χ0n) is 29.7. The molecule has 1 fully saturated rings. The zero-order valence-corrected chi connectivity index (χ0v) is 32.0. The number of nitrogens with one attached hydrogen (secondary N) is 3. The Morgan fingerprint density at radius 3 is 2.04 bits per heavy atom. The fourth-order valence-electron chi connectivity index (χ4n) is 4.84. The number of carbonyl (C=O) groups is 6. The monoisotopic (exact) mass is 797 g/mol. The van der Waals surface area contributed by atoms with Gasteiger partial charge in [0.2, 0.25) is 3.79 Å². The number of esters is 4. The fourth-order valence-corrected chi connectivity index (χ4v) is 5.01. The summed E-state index contributed by atoms with van der Waals surface area (Å²) < 4.78 is 36.2. The third-order valence-corrected chi connectivity index (χ3v) is 7.18. The Balaban J connectivity index is 2.34. The minimum Gasteiger partial charge on any atom is -0.463 e. The quantitative estimate of drug-likeness (QED) is 0.0937. The molecule has 3 N–H and O–H groups in total. The number of ether oxygens (including phenoxy) is 7. The topological polar surface area (TPSA) is 203 Å². The van der Waals surface area contributed by atoms with Crippen molar-refractivity contribution in [3.8, 4) is 0 Å². The van der Waals surface area contributed by atoms with E-state index >= 15 is 0 Å². The first kappa shape index (κ1) is 44.6. The van der Waals surface area contributed by atoms with Gasteiger partial charge in [-0.1, -0.05) is 65.1 Å². The van der Waals surface area contributed by atoms with Gasteiger partial charge >= 0.3 is 36.1 Å². The summed E-state index contributed by atoms with van der Waals surface area (Å²) in [6.07, 6.45) is -6.44. The minimum atomic E-state index is -1.97. The lowest BCUT2D eigenvalue weighted by atomic mass is 9.94. The Labute approximate surface area is 317 Å². The van der Waals surface area contributed by atoms with Crippen LogP contribution in [0, 0.1) is 0 Å². The van der Waals surface area contributed by atoms with E-state index in [1.54, 1.807) is 20.8 Å². The van der Waals surface area contributed by atoms with Gasteiger partial charge in [0.05, 0.1) is 0 Å². The van der Waals surface area contributed by atoms with Crippen LogP contribution in [0.25, 0.3) is 0 Å². The maximum atomic E-state index is 13.5. The molecule has 1 aromatic carbocycles. The fraction of sp³-hybridized carbons (Fsp3) is 0.636. The van der Waals surface area contributed by atoms with Crippen LogP contribution in [0.2, 0.25) is 0 Å². The molecule has 1 heterocycles. The molecule has 2 rings (SSSR count). The third kappa shape index (κ3) is 17.8. The van der Waals surface area contributed by atoms with E-state index in [1.165, 1.54) is 0 Å².